The fourth-order valence-electron chi connectivity index (χ4n) is 3.65. The first kappa shape index (κ1) is 17.2. The van der Waals surface area contributed by atoms with E-state index in [2.05, 4.69) is 12.0 Å². The van der Waals surface area contributed by atoms with Crippen LogP contribution in [0.25, 0.3) is 15.9 Å². The Labute approximate surface area is 155 Å². The summed E-state index contributed by atoms with van der Waals surface area (Å²) in [5.74, 6) is 0.146. The second-order valence-electron chi connectivity index (χ2n) is 6.95. The second-order valence-corrected chi connectivity index (χ2v) is 7.98. The minimum Gasteiger partial charge on any atom is -0.335 e. The van der Waals surface area contributed by atoms with Crippen molar-refractivity contribution in [2.24, 2.45) is 11.7 Å². The zero-order valence-electron chi connectivity index (χ0n) is 14.8. The van der Waals surface area contributed by atoms with Crippen LogP contribution in [0.2, 0.25) is 0 Å². The molecule has 136 valence electrons. The summed E-state index contributed by atoms with van der Waals surface area (Å²) in [4.78, 5) is 16.5. The van der Waals surface area contributed by atoms with Gasteiger partial charge >= 0.3 is 0 Å². The Morgan fingerprint density at radius 1 is 1.38 bits per heavy atom. The number of hydrogen-bond donors (Lipinski definition) is 1. The number of likely N-dealkylation sites (tertiary alicyclic amines) is 1. The van der Waals surface area contributed by atoms with Gasteiger partial charge < -0.3 is 10.6 Å². The number of rotatable bonds is 3. The van der Waals surface area contributed by atoms with Gasteiger partial charge in [0.15, 0.2) is 0 Å². The zero-order valence-corrected chi connectivity index (χ0v) is 15.6. The predicted octanol–water partition coefficient (Wildman–Crippen LogP) is 3.34. The quantitative estimate of drug-likeness (QED) is 0.767. The smallest absolute Gasteiger partial charge is 0.264 e. The van der Waals surface area contributed by atoms with Crippen LogP contribution in [-0.4, -0.2) is 39.7 Å². The molecule has 2 N–H and O–H groups in total. The van der Waals surface area contributed by atoms with E-state index < -0.39 is 0 Å². The number of hydrogen-bond acceptors (Lipinski definition) is 4. The number of halogens is 1. The molecule has 3 aromatic rings. The highest BCUT2D eigenvalue weighted by Crippen LogP contribution is 2.33. The lowest BCUT2D eigenvalue weighted by Gasteiger charge is -2.20. The van der Waals surface area contributed by atoms with Crippen LogP contribution in [0.1, 0.15) is 28.7 Å². The van der Waals surface area contributed by atoms with Crippen LogP contribution in [0.15, 0.2) is 30.3 Å². The molecule has 0 aliphatic carbocycles. The van der Waals surface area contributed by atoms with Gasteiger partial charge in [-0.05, 0) is 63.1 Å². The van der Waals surface area contributed by atoms with Crippen molar-refractivity contribution in [3.8, 4) is 5.69 Å². The topological polar surface area (TPSA) is 64.2 Å². The van der Waals surface area contributed by atoms with Crippen LogP contribution in [0.4, 0.5) is 4.39 Å². The summed E-state index contributed by atoms with van der Waals surface area (Å²) in [6, 6.07) is 8.34. The van der Waals surface area contributed by atoms with Gasteiger partial charge in [-0.3, -0.25) is 4.79 Å². The van der Waals surface area contributed by atoms with Crippen molar-refractivity contribution in [3.63, 3.8) is 0 Å². The van der Waals surface area contributed by atoms with Gasteiger partial charge in [0.25, 0.3) is 5.91 Å². The summed E-state index contributed by atoms with van der Waals surface area (Å²) in [6.07, 6.45) is 0.954. The monoisotopic (exact) mass is 372 g/mol. The van der Waals surface area contributed by atoms with Crippen LogP contribution < -0.4 is 5.73 Å². The maximum atomic E-state index is 13.2. The molecule has 0 radical (unpaired) electrons. The summed E-state index contributed by atoms with van der Waals surface area (Å²) >= 11 is 1.43. The number of benzene rings is 1. The lowest BCUT2D eigenvalue weighted by Crippen LogP contribution is -2.33. The number of nitrogens with zero attached hydrogens (tertiary/aromatic N) is 3. The predicted molar refractivity (Wildman–Crippen MR) is 101 cm³/mol. The summed E-state index contributed by atoms with van der Waals surface area (Å²) in [7, 11) is 0. The first-order valence-electron chi connectivity index (χ1n) is 8.74. The number of aryl methyl sites for hydroxylation is 1. The van der Waals surface area contributed by atoms with E-state index in [4.69, 9.17) is 5.73 Å². The molecule has 1 saturated heterocycles. The Hall–Kier alpha value is -2.25. The third kappa shape index (κ3) is 2.81. The lowest BCUT2D eigenvalue weighted by molar-refractivity contribution is 0.0748. The summed E-state index contributed by atoms with van der Waals surface area (Å²) in [5, 5.41) is 5.51. The molecule has 0 bridgehead atoms. The highest BCUT2D eigenvalue weighted by atomic mass is 32.1. The molecule has 1 aliphatic rings. The Balaban J connectivity index is 1.71. The largest absolute Gasteiger partial charge is 0.335 e. The van der Waals surface area contributed by atoms with E-state index >= 15 is 0 Å². The molecule has 1 fully saturated rings. The van der Waals surface area contributed by atoms with Crippen LogP contribution >= 0.6 is 11.3 Å². The normalized spacial score (nSPS) is 20.2. The van der Waals surface area contributed by atoms with Gasteiger partial charge in [0, 0.05) is 18.0 Å². The Morgan fingerprint density at radius 2 is 2.12 bits per heavy atom. The molecular formula is C19H21FN4OS. The van der Waals surface area contributed by atoms with Crippen LogP contribution in [0.3, 0.4) is 0 Å². The summed E-state index contributed by atoms with van der Waals surface area (Å²) in [5.41, 5.74) is 7.42. The van der Waals surface area contributed by atoms with Gasteiger partial charge in [0.1, 0.15) is 10.6 Å². The molecule has 4 rings (SSSR count). The number of amides is 1. The van der Waals surface area contributed by atoms with Gasteiger partial charge in [0.05, 0.1) is 16.3 Å². The van der Waals surface area contributed by atoms with Crippen LogP contribution in [0.5, 0.6) is 0 Å². The van der Waals surface area contributed by atoms with E-state index in [0.717, 1.165) is 28.0 Å². The zero-order chi connectivity index (χ0) is 18.4. The van der Waals surface area contributed by atoms with E-state index in [-0.39, 0.29) is 17.8 Å². The SMILES string of the molecule is Cc1nn(-c2ccc(F)cc2)c2sc(C(=O)N3CC(CN)CC3C)cc12. The average molecular weight is 372 g/mol. The number of nitrogens with two attached hydrogens (primary N) is 1. The van der Waals surface area contributed by atoms with Crippen LogP contribution in [0, 0.1) is 18.7 Å². The molecule has 1 aliphatic heterocycles. The molecular weight excluding hydrogens is 351 g/mol. The Kier molecular flexibility index (Phi) is 4.28. The maximum absolute atomic E-state index is 13.2. The molecule has 2 unspecified atom stereocenters. The van der Waals surface area contributed by atoms with Gasteiger partial charge in [-0.1, -0.05) is 0 Å². The maximum Gasteiger partial charge on any atom is 0.264 e. The number of thiophene rings is 1. The van der Waals surface area contributed by atoms with Crippen molar-refractivity contribution in [2.45, 2.75) is 26.3 Å². The van der Waals surface area contributed by atoms with Crippen molar-refractivity contribution in [1.29, 1.82) is 0 Å². The van der Waals surface area contributed by atoms with Crippen molar-refractivity contribution in [2.75, 3.05) is 13.1 Å². The number of carbonyl (C=O) groups excluding carboxylic acids is 1. The fraction of sp³-hybridized carbons (Fsp3) is 0.368. The molecule has 3 heterocycles. The second kappa shape index (κ2) is 6.48. The standard InChI is InChI=1S/C19H21FN4OS/c1-11-7-13(9-21)10-23(11)18(25)17-8-16-12(2)22-24(19(16)26-17)15-5-3-14(20)4-6-15/h3-6,8,11,13H,7,9-10,21H2,1-2H3. The minimum atomic E-state index is -0.284. The fourth-order valence-corrected chi connectivity index (χ4v) is 4.79. The highest BCUT2D eigenvalue weighted by molar-refractivity contribution is 7.20. The van der Waals surface area contributed by atoms with E-state index in [1.807, 2.05) is 17.9 Å². The highest BCUT2D eigenvalue weighted by Gasteiger charge is 2.33. The van der Waals surface area contributed by atoms with Crippen molar-refractivity contribution < 1.29 is 9.18 Å². The van der Waals surface area contributed by atoms with Crippen LogP contribution in [-0.2, 0) is 0 Å². The van der Waals surface area contributed by atoms with Gasteiger partial charge in [-0.15, -0.1) is 11.3 Å². The van der Waals surface area contributed by atoms with E-state index in [1.54, 1.807) is 16.8 Å². The third-order valence-electron chi connectivity index (χ3n) is 5.08. The number of carbonyl (C=O) groups is 1. The third-order valence-corrected chi connectivity index (χ3v) is 6.18. The number of aromatic nitrogens is 2. The molecule has 1 amide bonds. The average Bonchev–Trinajstić information content (AvgIpc) is 3.30. The molecule has 1 aromatic carbocycles. The molecule has 0 saturated carbocycles. The Bertz CT molecular complexity index is 962. The Morgan fingerprint density at radius 3 is 2.77 bits per heavy atom. The molecule has 5 nitrogen and oxygen atoms in total. The molecule has 2 aromatic heterocycles. The molecule has 0 spiro atoms. The van der Waals surface area contributed by atoms with Gasteiger partial charge in [0.2, 0.25) is 0 Å². The number of fused-ring (bicyclic) bond motifs is 1. The van der Waals surface area contributed by atoms with E-state index in [9.17, 15) is 9.18 Å². The van der Waals surface area contributed by atoms with Gasteiger partial charge in [-0.2, -0.15) is 5.10 Å². The van der Waals surface area contributed by atoms with Crippen molar-refractivity contribution in [1.82, 2.24) is 14.7 Å². The molecule has 7 heteroatoms. The first-order chi connectivity index (χ1) is 12.5. The first-order valence-corrected chi connectivity index (χ1v) is 9.55. The van der Waals surface area contributed by atoms with Gasteiger partial charge in [-0.25, -0.2) is 9.07 Å². The molecule has 2 atom stereocenters. The van der Waals surface area contributed by atoms with E-state index in [0.29, 0.717) is 23.9 Å². The molecule has 26 heavy (non-hydrogen) atoms. The lowest BCUT2D eigenvalue weighted by atomic mass is 10.1. The summed E-state index contributed by atoms with van der Waals surface area (Å²) in [6.45, 7) is 5.33. The summed E-state index contributed by atoms with van der Waals surface area (Å²) < 4.78 is 15.0. The van der Waals surface area contributed by atoms with Crippen molar-refractivity contribution in [3.05, 3.63) is 46.7 Å². The minimum absolute atomic E-state index is 0.0553. The van der Waals surface area contributed by atoms with Crippen molar-refractivity contribution >= 4 is 27.5 Å². The van der Waals surface area contributed by atoms with E-state index in [1.165, 1.54) is 23.5 Å².